The van der Waals surface area contributed by atoms with Crippen molar-refractivity contribution < 1.29 is 9.13 Å². The van der Waals surface area contributed by atoms with Crippen molar-refractivity contribution in [3.63, 3.8) is 0 Å². The van der Waals surface area contributed by atoms with Crippen LogP contribution in [0.1, 0.15) is 17.0 Å². The Labute approximate surface area is 110 Å². The number of rotatable bonds is 4. The van der Waals surface area contributed by atoms with E-state index in [9.17, 15) is 4.39 Å². The summed E-state index contributed by atoms with van der Waals surface area (Å²) < 4.78 is 20.6. The normalized spacial score (nSPS) is 10.7. The molecule has 0 radical (unpaired) electrons. The van der Waals surface area contributed by atoms with Crippen LogP contribution in [-0.2, 0) is 19.5 Å². The molecular formula is C13H14ClFN2O. The van der Waals surface area contributed by atoms with Gasteiger partial charge in [-0.1, -0.05) is 0 Å². The van der Waals surface area contributed by atoms with Crippen LogP contribution < -0.4 is 4.74 Å². The van der Waals surface area contributed by atoms with Crippen LogP contribution in [0.2, 0.25) is 0 Å². The summed E-state index contributed by atoms with van der Waals surface area (Å²) in [5, 5.41) is 4.22. The topological polar surface area (TPSA) is 27.1 Å². The molecule has 0 saturated carbocycles. The predicted molar refractivity (Wildman–Crippen MR) is 68.2 cm³/mol. The third kappa shape index (κ3) is 3.01. The molecule has 0 saturated heterocycles. The number of benzene rings is 1. The van der Waals surface area contributed by atoms with Crippen LogP contribution in [0.4, 0.5) is 4.39 Å². The molecule has 0 aliphatic carbocycles. The monoisotopic (exact) mass is 268 g/mol. The van der Waals surface area contributed by atoms with E-state index in [2.05, 4.69) is 5.10 Å². The lowest BCUT2D eigenvalue weighted by atomic mass is 10.2. The van der Waals surface area contributed by atoms with E-state index in [4.69, 9.17) is 16.3 Å². The van der Waals surface area contributed by atoms with E-state index in [1.54, 1.807) is 10.7 Å². The molecule has 0 aliphatic heterocycles. The maximum atomic E-state index is 13.3. The van der Waals surface area contributed by atoms with Gasteiger partial charge in [-0.2, -0.15) is 5.10 Å². The maximum Gasteiger partial charge on any atom is 0.130 e. The van der Waals surface area contributed by atoms with E-state index in [0.29, 0.717) is 17.9 Å². The molecule has 0 N–H and O–H groups in total. The number of nitrogens with zero attached hydrogens (tertiary/aromatic N) is 2. The third-order valence-electron chi connectivity index (χ3n) is 2.57. The van der Waals surface area contributed by atoms with Gasteiger partial charge in [-0.05, 0) is 30.7 Å². The van der Waals surface area contributed by atoms with Gasteiger partial charge < -0.3 is 4.74 Å². The van der Waals surface area contributed by atoms with Crippen molar-refractivity contribution in [1.82, 2.24) is 9.78 Å². The van der Waals surface area contributed by atoms with Gasteiger partial charge in [0.1, 0.15) is 18.2 Å². The van der Waals surface area contributed by atoms with Crippen molar-refractivity contribution in [2.45, 2.75) is 19.4 Å². The highest BCUT2D eigenvalue weighted by molar-refractivity contribution is 6.17. The minimum atomic E-state index is -0.343. The van der Waals surface area contributed by atoms with Gasteiger partial charge >= 0.3 is 0 Å². The van der Waals surface area contributed by atoms with E-state index in [0.717, 1.165) is 11.4 Å². The number of halogens is 2. The summed E-state index contributed by atoms with van der Waals surface area (Å²) in [5.74, 6) is 0.396. The molecule has 0 spiro atoms. The van der Waals surface area contributed by atoms with Crippen molar-refractivity contribution in [3.8, 4) is 5.75 Å². The van der Waals surface area contributed by atoms with Gasteiger partial charge in [0.25, 0.3) is 0 Å². The SMILES string of the molecule is Cc1cc(COc2cc(F)cc(CCl)c2)n(C)n1. The van der Waals surface area contributed by atoms with Crippen molar-refractivity contribution >= 4 is 11.6 Å². The molecule has 0 bridgehead atoms. The standard InChI is InChI=1S/C13H14ClFN2O/c1-9-3-12(17(2)16-9)8-18-13-5-10(7-14)4-11(15)6-13/h3-6H,7-8H2,1-2H3. The van der Waals surface area contributed by atoms with Crippen molar-refractivity contribution in [2.24, 2.45) is 7.05 Å². The van der Waals surface area contributed by atoms with E-state index in [-0.39, 0.29) is 11.7 Å². The fraction of sp³-hybridized carbons (Fsp3) is 0.308. The van der Waals surface area contributed by atoms with E-state index < -0.39 is 0 Å². The average Bonchev–Trinajstić information content (AvgIpc) is 2.64. The third-order valence-corrected chi connectivity index (χ3v) is 2.88. The van der Waals surface area contributed by atoms with E-state index >= 15 is 0 Å². The first-order valence-electron chi connectivity index (χ1n) is 5.56. The molecule has 18 heavy (non-hydrogen) atoms. The molecule has 0 amide bonds. The van der Waals surface area contributed by atoms with Crippen molar-refractivity contribution in [3.05, 3.63) is 47.0 Å². The Morgan fingerprint density at radius 2 is 2.11 bits per heavy atom. The van der Waals surface area contributed by atoms with Crippen LogP contribution in [0.3, 0.4) is 0 Å². The molecule has 2 rings (SSSR count). The Morgan fingerprint density at radius 3 is 2.72 bits per heavy atom. The Kier molecular flexibility index (Phi) is 3.87. The zero-order chi connectivity index (χ0) is 13.1. The minimum Gasteiger partial charge on any atom is -0.487 e. The lowest BCUT2D eigenvalue weighted by Crippen LogP contribution is -2.03. The highest BCUT2D eigenvalue weighted by atomic mass is 35.5. The molecule has 1 heterocycles. The number of hydrogen-bond donors (Lipinski definition) is 0. The van der Waals surface area contributed by atoms with Gasteiger partial charge in [0.15, 0.2) is 0 Å². The van der Waals surface area contributed by atoms with Gasteiger partial charge in [0, 0.05) is 19.0 Å². The summed E-state index contributed by atoms with van der Waals surface area (Å²) >= 11 is 5.68. The molecule has 96 valence electrons. The number of alkyl halides is 1. The quantitative estimate of drug-likeness (QED) is 0.797. The first-order valence-corrected chi connectivity index (χ1v) is 6.09. The molecule has 2 aromatic rings. The van der Waals surface area contributed by atoms with Gasteiger partial charge in [-0.25, -0.2) is 4.39 Å². The van der Waals surface area contributed by atoms with Crippen LogP contribution in [0.15, 0.2) is 24.3 Å². The van der Waals surface area contributed by atoms with E-state index in [1.807, 2.05) is 20.0 Å². The smallest absolute Gasteiger partial charge is 0.130 e. The highest BCUT2D eigenvalue weighted by Crippen LogP contribution is 2.19. The summed E-state index contributed by atoms with van der Waals surface area (Å²) in [5.41, 5.74) is 2.56. The zero-order valence-electron chi connectivity index (χ0n) is 10.3. The number of ether oxygens (including phenoxy) is 1. The minimum absolute atomic E-state index is 0.263. The molecule has 1 aromatic heterocycles. The lowest BCUT2D eigenvalue weighted by Gasteiger charge is -2.07. The summed E-state index contributed by atoms with van der Waals surface area (Å²) in [4.78, 5) is 0. The fourth-order valence-electron chi connectivity index (χ4n) is 1.74. The summed E-state index contributed by atoms with van der Waals surface area (Å²) in [6, 6.07) is 6.41. The van der Waals surface area contributed by atoms with Crippen LogP contribution in [0.5, 0.6) is 5.75 Å². The molecule has 5 heteroatoms. The van der Waals surface area contributed by atoms with Crippen molar-refractivity contribution in [1.29, 1.82) is 0 Å². The summed E-state index contributed by atoms with van der Waals surface area (Å²) in [7, 11) is 1.85. The van der Waals surface area contributed by atoms with Gasteiger partial charge in [-0.15, -0.1) is 11.6 Å². The molecule has 3 nitrogen and oxygen atoms in total. The molecule has 0 aliphatic rings. The van der Waals surface area contributed by atoms with E-state index in [1.165, 1.54) is 12.1 Å². The number of aryl methyl sites for hydroxylation is 2. The molecular weight excluding hydrogens is 255 g/mol. The fourth-order valence-corrected chi connectivity index (χ4v) is 1.89. The lowest BCUT2D eigenvalue weighted by molar-refractivity contribution is 0.293. The predicted octanol–water partition coefficient (Wildman–Crippen LogP) is 3.19. The highest BCUT2D eigenvalue weighted by Gasteiger charge is 2.05. The van der Waals surface area contributed by atoms with Crippen LogP contribution >= 0.6 is 11.6 Å². The largest absolute Gasteiger partial charge is 0.487 e. The van der Waals surface area contributed by atoms with Gasteiger partial charge in [-0.3, -0.25) is 4.68 Å². The molecule has 0 fully saturated rings. The summed E-state index contributed by atoms with van der Waals surface area (Å²) in [6.07, 6.45) is 0. The van der Waals surface area contributed by atoms with Gasteiger partial charge in [0.05, 0.1) is 11.4 Å². The van der Waals surface area contributed by atoms with Crippen LogP contribution in [-0.4, -0.2) is 9.78 Å². The second kappa shape index (κ2) is 5.40. The first-order chi connectivity index (χ1) is 8.58. The average molecular weight is 269 g/mol. The Hall–Kier alpha value is -1.55. The second-order valence-corrected chi connectivity index (χ2v) is 4.39. The molecule has 0 atom stereocenters. The van der Waals surface area contributed by atoms with Crippen LogP contribution in [0.25, 0.3) is 0 Å². The van der Waals surface area contributed by atoms with Gasteiger partial charge in [0.2, 0.25) is 0 Å². The zero-order valence-corrected chi connectivity index (χ0v) is 11.0. The molecule has 1 aromatic carbocycles. The Morgan fingerprint density at radius 1 is 1.33 bits per heavy atom. The Balaban J connectivity index is 2.10. The van der Waals surface area contributed by atoms with Crippen LogP contribution in [0, 0.1) is 12.7 Å². The number of hydrogen-bond acceptors (Lipinski definition) is 2. The number of aromatic nitrogens is 2. The second-order valence-electron chi connectivity index (χ2n) is 4.12. The molecule has 0 unspecified atom stereocenters. The Bertz CT molecular complexity index is 554. The maximum absolute atomic E-state index is 13.3. The van der Waals surface area contributed by atoms with Crippen molar-refractivity contribution in [2.75, 3.05) is 0 Å². The first kappa shape index (κ1) is 12.9. The summed E-state index contributed by atoms with van der Waals surface area (Å²) in [6.45, 7) is 2.26.